The Balaban J connectivity index is 1.56. The number of sulfonamides is 1. The van der Waals surface area contributed by atoms with E-state index in [4.69, 9.17) is 4.74 Å². The van der Waals surface area contributed by atoms with Crippen LogP contribution < -0.4 is 4.74 Å². The number of carbonyl (C=O) groups is 1. The van der Waals surface area contributed by atoms with Gasteiger partial charge in [-0.15, -0.1) is 0 Å². The van der Waals surface area contributed by atoms with E-state index < -0.39 is 44.7 Å². The van der Waals surface area contributed by atoms with E-state index in [9.17, 15) is 26.4 Å². The van der Waals surface area contributed by atoms with E-state index in [1.165, 1.54) is 28.6 Å². The van der Waals surface area contributed by atoms with Crippen molar-refractivity contribution in [2.75, 3.05) is 26.2 Å². The first-order valence-electron chi connectivity index (χ1n) is 11.1. The number of benzene rings is 2. The van der Waals surface area contributed by atoms with Crippen LogP contribution in [0.2, 0.25) is 0 Å². The average Bonchev–Trinajstić information content (AvgIpc) is 2.77. The van der Waals surface area contributed by atoms with Crippen LogP contribution in [0.4, 0.5) is 13.2 Å². The summed E-state index contributed by atoms with van der Waals surface area (Å²) >= 11 is 0. The Labute approximate surface area is 198 Å². The lowest BCUT2D eigenvalue weighted by Crippen LogP contribution is -2.57. The van der Waals surface area contributed by atoms with E-state index in [0.29, 0.717) is 12.8 Å². The molecule has 1 amide bonds. The predicted octanol–water partition coefficient (Wildman–Crippen LogP) is 4.21. The molecule has 1 saturated heterocycles. The fourth-order valence-electron chi connectivity index (χ4n) is 4.09. The minimum absolute atomic E-state index is 0.0463. The van der Waals surface area contributed by atoms with Crippen LogP contribution in [0.25, 0.3) is 0 Å². The summed E-state index contributed by atoms with van der Waals surface area (Å²) in [4.78, 5) is 14.7. The van der Waals surface area contributed by atoms with E-state index in [2.05, 4.69) is 0 Å². The molecule has 1 unspecified atom stereocenters. The highest BCUT2D eigenvalue weighted by Gasteiger charge is 2.39. The van der Waals surface area contributed by atoms with Crippen LogP contribution in [0, 0.1) is 22.9 Å². The SMILES string of the molecule is CC1CN(C(=O)C(C)(C)CCCOc2c(F)cccc2F)CCN1S(=O)(=O)c1cccc(F)c1. The Bertz CT molecular complexity index is 1120. The van der Waals surface area contributed by atoms with Crippen LogP contribution in [0.15, 0.2) is 47.4 Å². The van der Waals surface area contributed by atoms with Crippen molar-refractivity contribution in [1.29, 1.82) is 0 Å². The number of rotatable bonds is 8. The second-order valence-corrected chi connectivity index (χ2v) is 11.0. The van der Waals surface area contributed by atoms with Gasteiger partial charge >= 0.3 is 0 Å². The molecule has 0 radical (unpaired) electrons. The van der Waals surface area contributed by atoms with Gasteiger partial charge < -0.3 is 9.64 Å². The zero-order valence-electron chi connectivity index (χ0n) is 19.4. The molecule has 10 heteroatoms. The van der Waals surface area contributed by atoms with Crippen molar-refractivity contribution >= 4 is 15.9 Å². The molecule has 0 spiro atoms. The van der Waals surface area contributed by atoms with Gasteiger partial charge in [0, 0.05) is 31.1 Å². The normalized spacial score (nSPS) is 17.6. The smallest absolute Gasteiger partial charge is 0.243 e. The van der Waals surface area contributed by atoms with E-state index >= 15 is 0 Å². The Morgan fingerprint density at radius 2 is 1.74 bits per heavy atom. The maximum atomic E-state index is 13.7. The number of hydrogen-bond donors (Lipinski definition) is 0. The summed E-state index contributed by atoms with van der Waals surface area (Å²) in [6, 6.07) is 7.84. The number of hydrogen-bond acceptors (Lipinski definition) is 4. The summed E-state index contributed by atoms with van der Waals surface area (Å²) in [6.45, 7) is 5.81. The van der Waals surface area contributed by atoms with Crippen molar-refractivity contribution < 1.29 is 31.1 Å². The molecule has 34 heavy (non-hydrogen) atoms. The molecule has 2 aromatic rings. The predicted molar refractivity (Wildman–Crippen MR) is 121 cm³/mol. The lowest BCUT2D eigenvalue weighted by atomic mass is 9.86. The molecule has 1 aliphatic heterocycles. The summed E-state index contributed by atoms with van der Waals surface area (Å²) in [7, 11) is -3.89. The average molecular weight is 499 g/mol. The summed E-state index contributed by atoms with van der Waals surface area (Å²) < 4.78 is 73.3. The van der Waals surface area contributed by atoms with Crippen LogP contribution >= 0.6 is 0 Å². The highest BCUT2D eigenvalue weighted by Crippen LogP contribution is 2.29. The van der Waals surface area contributed by atoms with Crippen LogP contribution in [0.1, 0.15) is 33.6 Å². The van der Waals surface area contributed by atoms with Crippen LogP contribution in [0.3, 0.4) is 0 Å². The van der Waals surface area contributed by atoms with Gasteiger partial charge in [0.25, 0.3) is 0 Å². The second kappa shape index (κ2) is 10.4. The number of nitrogens with zero attached hydrogens (tertiary/aromatic N) is 2. The van der Waals surface area contributed by atoms with Gasteiger partial charge in [-0.2, -0.15) is 4.31 Å². The quantitative estimate of drug-likeness (QED) is 0.512. The molecule has 1 atom stereocenters. The highest BCUT2D eigenvalue weighted by molar-refractivity contribution is 7.89. The third kappa shape index (κ3) is 5.72. The van der Waals surface area contributed by atoms with Gasteiger partial charge in [-0.05, 0) is 50.1 Å². The molecular formula is C24H29F3N2O4S. The molecule has 2 aromatic carbocycles. The van der Waals surface area contributed by atoms with Crippen molar-refractivity contribution in [3.8, 4) is 5.75 Å². The molecule has 0 aliphatic carbocycles. The number of halogens is 3. The number of ether oxygens (including phenoxy) is 1. The van der Waals surface area contributed by atoms with Crippen molar-refractivity contribution in [3.63, 3.8) is 0 Å². The minimum atomic E-state index is -3.89. The molecule has 0 N–H and O–H groups in total. The zero-order chi connectivity index (χ0) is 25.1. The molecule has 1 fully saturated rings. The van der Waals surface area contributed by atoms with Gasteiger partial charge in [-0.25, -0.2) is 21.6 Å². The summed E-state index contributed by atoms with van der Waals surface area (Å²) in [5, 5.41) is 0. The monoisotopic (exact) mass is 498 g/mol. The van der Waals surface area contributed by atoms with Gasteiger partial charge in [0.1, 0.15) is 5.82 Å². The van der Waals surface area contributed by atoms with E-state index in [1.807, 2.05) is 0 Å². The Hall–Kier alpha value is -2.59. The molecular weight excluding hydrogens is 469 g/mol. The van der Waals surface area contributed by atoms with Crippen LogP contribution in [0.5, 0.6) is 5.75 Å². The Morgan fingerprint density at radius 3 is 2.35 bits per heavy atom. The topological polar surface area (TPSA) is 66.9 Å². The Kier molecular flexibility index (Phi) is 7.92. The number of carbonyl (C=O) groups excluding carboxylic acids is 1. The maximum Gasteiger partial charge on any atom is 0.243 e. The molecule has 1 heterocycles. The van der Waals surface area contributed by atoms with Gasteiger partial charge in [0.15, 0.2) is 17.4 Å². The minimum Gasteiger partial charge on any atom is -0.488 e. The lowest BCUT2D eigenvalue weighted by Gasteiger charge is -2.41. The van der Waals surface area contributed by atoms with Gasteiger partial charge in [0.2, 0.25) is 15.9 Å². The van der Waals surface area contributed by atoms with E-state index in [0.717, 1.165) is 18.2 Å². The van der Waals surface area contributed by atoms with E-state index in [1.54, 1.807) is 25.7 Å². The van der Waals surface area contributed by atoms with Crippen molar-refractivity contribution in [3.05, 3.63) is 59.9 Å². The number of amides is 1. The Morgan fingerprint density at radius 1 is 1.09 bits per heavy atom. The molecule has 1 aliphatic rings. The molecule has 186 valence electrons. The highest BCUT2D eigenvalue weighted by atomic mass is 32.2. The molecule has 3 rings (SSSR count). The molecule has 0 saturated carbocycles. The molecule has 0 aromatic heterocycles. The largest absolute Gasteiger partial charge is 0.488 e. The van der Waals surface area contributed by atoms with Crippen LogP contribution in [-0.2, 0) is 14.8 Å². The standard InChI is InChI=1S/C24H29F3N2O4S/c1-17-16-28(12-13-29(17)34(31,32)19-8-4-7-18(25)15-19)23(30)24(2,3)11-6-14-33-22-20(26)9-5-10-21(22)27/h4-5,7-10,15,17H,6,11-14,16H2,1-3H3. The van der Waals surface area contributed by atoms with E-state index in [-0.39, 0.29) is 37.0 Å². The second-order valence-electron chi connectivity index (χ2n) is 9.06. The first kappa shape index (κ1) is 26.0. The number of para-hydroxylation sites is 1. The summed E-state index contributed by atoms with van der Waals surface area (Å²) in [6.07, 6.45) is 0.814. The number of piperazine rings is 1. The van der Waals surface area contributed by atoms with Crippen molar-refractivity contribution in [2.24, 2.45) is 5.41 Å². The maximum absolute atomic E-state index is 13.7. The van der Waals surface area contributed by atoms with Gasteiger partial charge in [-0.1, -0.05) is 26.0 Å². The van der Waals surface area contributed by atoms with Crippen molar-refractivity contribution in [2.45, 2.75) is 44.6 Å². The third-order valence-electron chi connectivity index (χ3n) is 5.95. The third-order valence-corrected chi connectivity index (χ3v) is 7.96. The first-order chi connectivity index (χ1) is 15.9. The fourth-order valence-corrected chi connectivity index (χ4v) is 5.73. The summed E-state index contributed by atoms with van der Waals surface area (Å²) in [5.74, 6) is -2.77. The van der Waals surface area contributed by atoms with Crippen LogP contribution in [-0.4, -0.2) is 55.8 Å². The lowest BCUT2D eigenvalue weighted by molar-refractivity contribution is -0.143. The fraction of sp³-hybridized carbons (Fsp3) is 0.458. The first-order valence-corrected chi connectivity index (χ1v) is 12.5. The summed E-state index contributed by atoms with van der Waals surface area (Å²) in [5.41, 5.74) is -0.777. The zero-order valence-corrected chi connectivity index (χ0v) is 20.2. The molecule has 6 nitrogen and oxygen atoms in total. The van der Waals surface area contributed by atoms with Gasteiger partial charge in [-0.3, -0.25) is 4.79 Å². The molecule has 0 bridgehead atoms. The van der Waals surface area contributed by atoms with Gasteiger partial charge in [0.05, 0.1) is 11.5 Å². The van der Waals surface area contributed by atoms with Crippen molar-refractivity contribution in [1.82, 2.24) is 9.21 Å².